The maximum Gasteiger partial charge on any atom is 0.262 e. The zero-order chi connectivity index (χ0) is 16.8. The Kier molecular flexibility index (Phi) is 5.63. The average Bonchev–Trinajstić information content (AvgIpc) is 2.56. The summed E-state index contributed by atoms with van der Waals surface area (Å²) in [6.07, 6.45) is 1.02. The Labute approximate surface area is 137 Å². The largest absolute Gasteiger partial charge is 0.483 e. The molecule has 1 amide bonds. The lowest BCUT2D eigenvalue weighted by Gasteiger charge is -2.16. The van der Waals surface area contributed by atoms with Crippen molar-refractivity contribution in [2.75, 3.05) is 17.7 Å². The fourth-order valence-corrected chi connectivity index (χ4v) is 2.34. The van der Waals surface area contributed by atoms with Crippen LogP contribution in [0.15, 0.2) is 42.5 Å². The van der Waals surface area contributed by atoms with Crippen LogP contribution in [0.1, 0.15) is 37.3 Å². The van der Waals surface area contributed by atoms with E-state index in [9.17, 15) is 4.79 Å². The van der Waals surface area contributed by atoms with Gasteiger partial charge in [0.05, 0.1) is 0 Å². The summed E-state index contributed by atoms with van der Waals surface area (Å²) in [7, 11) is 0. The Morgan fingerprint density at radius 2 is 2.00 bits per heavy atom. The number of benzene rings is 2. The van der Waals surface area contributed by atoms with Crippen molar-refractivity contribution < 1.29 is 9.53 Å². The van der Waals surface area contributed by atoms with Gasteiger partial charge in [0.1, 0.15) is 5.75 Å². The molecule has 0 aliphatic heterocycles. The van der Waals surface area contributed by atoms with Gasteiger partial charge in [-0.25, -0.2) is 0 Å². The molecule has 122 valence electrons. The van der Waals surface area contributed by atoms with Crippen LogP contribution in [0.3, 0.4) is 0 Å². The van der Waals surface area contributed by atoms with Gasteiger partial charge in [0, 0.05) is 11.4 Å². The molecule has 0 fully saturated rings. The highest BCUT2D eigenvalue weighted by Crippen LogP contribution is 2.28. The molecule has 2 rings (SSSR count). The molecule has 2 aromatic carbocycles. The summed E-state index contributed by atoms with van der Waals surface area (Å²) in [5.74, 6) is 0.962. The summed E-state index contributed by atoms with van der Waals surface area (Å²) < 4.78 is 5.72. The zero-order valence-corrected chi connectivity index (χ0v) is 13.9. The molecule has 3 N–H and O–H groups in total. The molecular formula is C19H24N2O2. The van der Waals surface area contributed by atoms with Gasteiger partial charge < -0.3 is 15.8 Å². The number of para-hydroxylation sites is 1. The Balaban J connectivity index is 2.01. The Morgan fingerprint density at radius 1 is 1.26 bits per heavy atom. The van der Waals surface area contributed by atoms with Crippen LogP contribution in [0, 0.1) is 6.92 Å². The normalized spacial score (nSPS) is 11.8. The number of anilines is 2. The quantitative estimate of drug-likeness (QED) is 0.789. The van der Waals surface area contributed by atoms with Gasteiger partial charge in [-0.15, -0.1) is 0 Å². The number of nitrogens with one attached hydrogen (secondary N) is 1. The van der Waals surface area contributed by atoms with E-state index in [-0.39, 0.29) is 12.5 Å². The minimum atomic E-state index is -0.197. The van der Waals surface area contributed by atoms with Gasteiger partial charge in [0.25, 0.3) is 5.91 Å². The Bertz CT molecular complexity index is 683. The van der Waals surface area contributed by atoms with E-state index in [2.05, 4.69) is 19.2 Å². The minimum absolute atomic E-state index is 0.0261. The molecule has 0 unspecified atom stereocenters. The molecule has 0 heterocycles. The molecule has 0 saturated heterocycles. The van der Waals surface area contributed by atoms with E-state index in [0.717, 1.165) is 23.3 Å². The highest BCUT2D eigenvalue weighted by molar-refractivity contribution is 5.93. The molecule has 23 heavy (non-hydrogen) atoms. The number of nitrogens with two attached hydrogens (primary N) is 1. The molecular weight excluding hydrogens is 288 g/mol. The number of rotatable bonds is 6. The van der Waals surface area contributed by atoms with Crippen molar-refractivity contribution in [2.24, 2.45) is 0 Å². The third-order valence-corrected chi connectivity index (χ3v) is 3.96. The van der Waals surface area contributed by atoms with Crippen LogP contribution in [0.5, 0.6) is 5.75 Å². The van der Waals surface area contributed by atoms with Gasteiger partial charge in [-0.2, -0.15) is 0 Å². The minimum Gasteiger partial charge on any atom is -0.483 e. The lowest BCUT2D eigenvalue weighted by Crippen LogP contribution is -2.21. The number of ether oxygens (including phenoxy) is 1. The first kappa shape index (κ1) is 16.9. The molecule has 1 atom stereocenters. The van der Waals surface area contributed by atoms with Crippen LogP contribution in [0.2, 0.25) is 0 Å². The van der Waals surface area contributed by atoms with Gasteiger partial charge in [0.15, 0.2) is 6.61 Å². The summed E-state index contributed by atoms with van der Waals surface area (Å²) in [5.41, 5.74) is 9.18. The number of aryl methyl sites for hydroxylation is 1. The molecule has 0 saturated carbocycles. The van der Waals surface area contributed by atoms with Crippen LogP contribution in [0.4, 0.5) is 11.4 Å². The predicted molar refractivity (Wildman–Crippen MR) is 94.9 cm³/mol. The number of carbonyl (C=O) groups excluding carboxylic acids is 1. The van der Waals surface area contributed by atoms with Crippen LogP contribution in [-0.2, 0) is 4.79 Å². The Hall–Kier alpha value is -2.49. The Morgan fingerprint density at radius 3 is 2.74 bits per heavy atom. The molecule has 0 spiro atoms. The van der Waals surface area contributed by atoms with Crippen molar-refractivity contribution in [1.29, 1.82) is 0 Å². The SMILES string of the molecule is CC[C@@H](C)c1ccccc1OCC(=O)Nc1cc(N)ccc1C. The highest BCUT2D eigenvalue weighted by atomic mass is 16.5. The molecule has 4 heteroatoms. The van der Waals surface area contributed by atoms with Crippen LogP contribution in [0.25, 0.3) is 0 Å². The van der Waals surface area contributed by atoms with E-state index in [1.807, 2.05) is 43.3 Å². The second-order valence-electron chi connectivity index (χ2n) is 5.76. The monoisotopic (exact) mass is 312 g/mol. The fourth-order valence-electron chi connectivity index (χ4n) is 2.34. The van der Waals surface area contributed by atoms with Gasteiger partial charge in [-0.1, -0.05) is 38.1 Å². The summed E-state index contributed by atoms with van der Waals surface area (Å²) in [4.78, 5) is 12.1. The van der Waals surface area contributed by atoms with Crippen molar-refractivity contribution in [3.63, 3.8) is 0 Å². The number of amides is 1. The second kappa shape index (κ2) is 7.68. The molecule has 0 radical (unpaired) electrons. The fraction of sp³-hybridized carbons (Fsp3) is 0.316. The summed E-state index contributed by atoms with van der Waals surface area (Å²) >= 11 is 0. The van der Waals surface area contributed by atoms with E-state index in [1.54, 1.807) is 6.07 Å². The second-order valence-corrected chi connectivity index (χ2v) is 5.76. The van der Waals surface area contributed by atoms with Crippen molar-refractivity contribution >= 4 is 17.3 Å². The van der Waals surface area contributed by atoms with E-state index in [1.165, 1.54) is 0 Å². The third-order valence-electron chi connectivity index (χ3n) is 3.96. The highest BCUT2D eigenvalue weighted by Gasteiger charge is 2.11. The molecule has 0 aromatic heterocycles. The van der Waals surface area contributed by atoms with Crippen molar-refractivity contribution in [1.82, 2.24) is 0 Å². The van der Waals surface area contributed by atoms with Gasteiger partial charge in [-0.05, 0) is 48.6 Å². The van der Waals surface area contributed by atoms with E-state index in [0.29, 0.717) is 17.3 Å². The van der Waals surface area contributed by atoms with Crippen molar-refractivity contribution in [2.45, 2.75) is 33.1 Å². The van der Waals surface area contributed by atoms with Gasteiger partial charge in [0.2, 0.25) is 0 Å². The first-order valence-electron chi connectivity index (χ1n) is 7.89. The third kappa shape index (κ3) is 4.49. The average molecular weight is 312 g/mol. The smallest absolute Gasteiger partial charge is 0.262 e. The summed E-state index contributed by atoms with van der Waals surface area (Å²) in [6.45, 7) is 6.19. The topological polar surface area (TPSA) is 64.3 Å². The maximum atomic E-state index is 12.1. The van der Waals surface area contributed by atoms with Crippen molar-refractivity contribution in [3.05, 3.63) is 53.6 Å². The van der Waals surface area contributed by atoms with Crippen LogP contribution >= 0.6 is 0 Å². The molecule has 0 aliphatic rings. The van der Waals surface area contributed by atoms with E-state index < -0.39 is 0 Å². The van der Waals surface area contributed by atoms with Gasteiger partial charge in [-0.3, -0.25) is 4.79 Å². The summed E-state index contributed by atoms with van der Waals surface area (Å²) in [6, 6.07) is 13.3. The molecule has 4 nitrogen and oxygen atoms in total. The van der Waals surface area contributed by atoms with E-state index >= 15 is 0 Å². The zero-order valence-electron chi connectivity index (χ0n) is 13.9. The standard InChI is InChI=1S/C19H24N2O2/c1-4-13(2)16-7-5-6-8-18(16)23-12-19(22)21-17-11-15(20)10-9-14(17)3/h5-11,13H,4,12,20H2,1-3H3,(H,21,22)/t13-/m1/s1. The van der Waals surface area contributed by atoms with E-state index in [4.69, 9.17) is 10.5 Å². The number of hydrogen-bond acceptors (Lipinski definition) is 3. The van der Waals surface area contributed by atoms with Crippen molar-refractivity contribution in [3.8, 4) is 5.75 Å². The molecule has 2 aromatic rings. The first-order valence-corrected chi connectivity index (χ1v) is 7.89. The van der Waals surface area contributed by atoms with Crippen LogP contribution in [-0.4, -0.2) is 12.5 Å². The predicted octanol–water partition coefficient (Wildman–Crippen LogP) is 4.11. The molecule has 0 bridgehead atoms. The van der Waals surface area contributed by atoms with Crippen LogP contribution < -0.4 is 15.8 Å². The number of nitrogen functional groups attached to an aromatic ring is 1. The maximum absolute atomic E-state index is 12.1. The number of hydrogen-bond donors (Lipinski definition) is 2. The van der Waals surface area contributed by atoms with Gasteiger partial charge >= 0.3 is 0 Å². The molecule has 0 aliphatic carbocycles. The lowest BCUT2D eigenvalue weighted by atomic mass is 9.98. The first-order chi connectivity index (χ1) is 11.0. The summed E-state index contributed by atoms with van der Waals surface area (Å²) in [5, 5.41) is 2.84. The lowest BCUT2D eigenvalue weighted by molar-refractivity contribution is -0.118. The number of carbonyl (C=O) groups is 1.